The lowest BCUT2D eigenvalue weighted by Gasteiger charge is -2.04. The van der Waals surface area contributed by atoms with Gasteiger partial charge in [-0.1, -0.05) is 15.9 Å². The van der Waals surface area contributed by atoms with Crippen LogP contribution < -0.4 is 0 Å². The van der Waals surface area contributed by atoms with Crippen LogP contribution in [0.25, 0.3) is 0 Å². The molecule has 1 N–H and O–H groups in total. The molecule has 0 saturated heterocycles. The first-order valence-electron chi connectivity index (χ1n) is 3.67. The van der Waals surface area contributed by atoms with Crippen molar-refractivity contribution in [1.29, 1.82) is 0 Å². The van der Waals surface area contributed by atoms with E-state index in [1.165, 1.54) is 6.07 Å². The van der Waals surface area contributed by atoms with Gasteiger partial charge in [-0.05, 0) is 33.6 Å². The van der Waals surface area contributed by atoms with Crippen molar-refractivity contribution in [3.63, 3.8) is 0 Å². The second-order valence-electron chi connectivity index (χ2n) is 2.65. The fraction of sp³-hybridized carbons (Fsp3) is 0.125. The summed E-state index contributed by atoms with van der Waals surface area (Å²) < 4.78 is 23.2. The molecule has 82 valence electrons. The van der Waals surface area contributed by atoms with Crippen LogP contribution in [0.2, 0.25) is 0 Å². The molecule has 0 aromatic heterocycles. The molecular formula is C8H5Br2IO4. The predicted octanol–water partition coefficient (Wildman–Crippen LogP) is 3.21. The number of rotatable bonds is 3. The van der Waals surface area contributed by atoms with E-state index in [1.54, 1.807) is 6.07 Å². The van der Waals surface area contributed by atoms with Gasteiger partial charge >= 0.3 is 25.8 Å². The Kier molecular flexibility index (Phi) is 4.65. The van der Waals surface area contributed by atoms with Gasteiger partial charge in [0.1, 0.15) is 0 Å². The third-order valence-electron chi connectivity index (χ3n) is 1.56. The van der Waals surface area contributed by atoms with Gasteiger partial charge < -0.3 is 5.11 Å². The number of carboxylic acid groups (broad SMARTS) is 1. The van der Waals surface area contributed by atoms with E-state index >= 15 is 0 Å². The van der Waals surface area contributed by atoms with Gasteiger partial charge in [0, 0.05) is 8.95 Å². The Morgan fingerprint density at radius 1 is 1.33 bits per heavy atom. The smallest absolute Gasteiger partial charge is 0.342 e. The highest BCUT2D eigenvalue weighted by Gasteiger charge is 2.15. The molecule has 0 saturated carbocycles. The molecule has 0 radical (unpaired) electrons. The number of hydrogen-bond donors (Lipinski definition) is 1. The summed E-state index contributed by atoms with van der Waals surface area (Å²) in [6.45, 7) is 0. The van der Waals surface area contributed by atoms with Gasteiger partial charge in [-0.25, -0.2) is 6.14 Å². The van der Waals surface area contributed by atoms with E-state index in [0.717, 1.165) is 0 Å². The normalized spacial score (nSPS) is 10.6. The largest absolute Gasteiger partial charge is 0.481 e. The van der Waals surface area contributed by atoms with Gasteiger partial charge in [-0.15, -0.1) is 0 Å². The zero-order chi connectivity index (χ0) is 11.6. The van der Waals surface area contributed by atoms with Crippen LogP contribution in [-0.2, 0) is 17.4 Å². The molecule has 0 aliphatic heterocycles. The molecule has 15 heavy (non-hydrogen) atoms. The Labute approximate surface area is 109 Å². The molecule has 1 rings (SSSR count). The maximum absolute atomic E-state index is 11.0. The van der Waals surface area contributed by atoms with E-state index in [2.05, 4.69) is 31.9 Å². The van der Waals surface area contributed by atoms with Gasteiger partial charge in [-0.3, -0.25) is 4.79 Å². The molecule has 0 bridgehead atoms. The van der Waals surface area contributed by atoms with Crippen molar-refractivity contribution in [3.8, 4) is 0 Å². The Morgan fingerprint density at radius 2 is 1.93 bits per heavy atom. The average molecular weight is 452 g/mol. The minimum absolute atomic E-state index is 0.116. The molecule has 0 aliphatic rings. The lowest BCUT2D eigenvalue weighted by Crippen LogP contribution is -2.03. The minimum atomic E-state index is -3.69. The van der Waals surface area contributed by atoms with Crippen molar-refractivity contribution in [2.45, 2.75) is 6.42 Å². The molecule has 0 atom stereocenters. The summed E-state index contributed by atoms with van der Waals surface area (Å²) >= 11 is 2.59. The Bertz CT molecular complexity index is 474. The van der Waals surface area contributed by atoms with Crippen molar-refractivity contribution in [2.75, 3.05) is 0 Å². The molecule has 0 spiro atoms. The van der Waals surface area contributed by atoms with E-state index in [9.17, 15) is 10.9 Å². The fourth-order valence-electron chi connectivity index (χ4n) is 1.07. The van der Waals surface area contributed by atoms with E-state index in [1.807, 2.05) is 0 Å². The topological polar surface area (TPSA) is 71.4 Å². The molecule has 4 nitrogen and oxygen atoms in total. The fourth-order valence-corrected chi connectivity index (χ4v) is 4.70. The molecule has 0 heterocycles. The second kappa shape index (κ2) is 5.35. The molecule has 1 aromatic rings. The van der Waals surface area contributed by atoms with Crippen molar-refractivity contribution in [3.05, 3.63) is 30.2 Å². The second-order valence-corrected chi connectivity index (χ2v) is 6.74. The number of carboxylic acids is 1. The standard InChI is InChI=1S/C8H5Br2IO4/c9-5-1-4(2-7(12)13)8(11(14)15)6(10)3-5/h1,3H,2H2,(H,12,13). The van der Waals surface area contributed by atoms with Crippen LogP contribution in [0, 0.1) is 3.57 Å². The lowest BCUT2D eigenvalue weighted by atomic mass is 10.2. The third kappa shape index (κ3) is 3.49. The van der Waals surface area contributed by atoms with Gasteiger partial charge in [-0.2, -0.15) is 0 Å². The summed E-state index contributed by atoms with van der Waals surface area (Å²) in [5, 5.41) is 8.64. The number of hydrogen-bond acceptors (Lipinski definition) is 3. The van der Waals surface area contributed by atoms with Crippen LogP contribution in [0.3, 0.4) is 0 Å². The first kappa shape index (κ1) is 13.0. The summed E-state index contributed by atoms with van der Waals surface area (Å²) in [6.07, 6.45) is -0.300. The summed E-state index contributed by atoms with van der Waals surface area (Å²) in [4.78, 5) is 10.5. The molecule has 0 unspecified atom stereocenters. The van der Waals surface area contributed by atoms with Crippen molar-refractivity contribution < 1.29 is 16.0 Å². The Balaban J connectivity index is 3.39. The number of carbonyl (C=O) groups is 1. The molecule has 7 heteroatoms. The predicted molar refractivity (Wildman–Crippen MR) is 67.3 cm³/mol. The van der Waals surface area contributed by atoms with E-state index in [-0.39, 0.29) is 9.99 Å². The summed E-state index contributed by atoms with van der Waals surface area (Å²) in [7, 11) is 0. The maximum atomic E-state index is 11.0. The molecule has 0 fully saturated rings. The Hall–Kier alpha value is -0.0200. The first-order valence-corrected chi connectivity index (χ1v) is 8.09. The molecule has 0 amide bonds. The van der Waals surface area contributed by atoms with E-state index in [4.69, 9.17) is 5.11 Å². The van der Waals surface area contributed by atoms with Crippen molar-refractivity contribution in [1.82, 2.24) is 0 Å². The number of aliphatic carboxylic acids is 1. The van der Waals surface area contributed by atoms with Crippen molar-refractivity contribution in [2.24, 2.45) is 0 Å². The highest BCUT2D eigenvalue weighted by molar-refractivity contribution is 14.2. The summed E-state index contributed by atoms with van der Waals surface area (Å²) in [5.74, 6) is -1.06. The van der Waals surface area contributed by atoms with E-state index < -0.39 is 25.8 Å². The SMILES string of the molecule is O=C(O)Cc1cc(Br)cc(Br)c1I(=O)=O. The van der Waals surface area contributed by atoms with Gasteiger partial charge in [0.05, 0.1) is 9.99 Å². The monoisotopic (exact) mass is 450 g/mol. The highest BCUT2D eigenvalue weighted by atomic mass is 127. The third-order valence-corrected chi connectivity index (χ3v) is 5.54. The maximum Gasteiger partial charge on any atom is 0.342 e. The van der Waals surface area contributed by atoms with Crippen molar-refractivity contribution >= 4 is 57.6 Å². The van der Waals surface area contributed by atoms with Gasteiger partial charge in [0.2, 0.25) is 0 Å². The van der Waals surface area contributed by atoms with Crippen LogP contribution >= 0.6 is 51.7 Å². The minimum Gasteiger partial charge on any atom is -0.481 e. The average Bonchev–Trinajstić information content (AvgIpc) is 1.99. The van der Waals surface area contributed by atoms with Crippen LogP contribution in [0.5, 0.6) is 0 Å². The zero-order valence-electron chi connectivity index (χ0n) is 7.17. The van der Waals surface area contributed by atoms with Crippen LogP contribution in [0.4, 0.5) is 0 Å². The van der Waals surface area contributed by atoms with Crippen LogP contribution in [0.1, 0.15) is 5.56 Å². The molecule has 0 aliphatic carbocycles. The lowest BCUT2D eigenvalue weighted by molar-refractivity contribution is -0.136. The molecule has 1 aromatic carbocycles. The van der Waals surface area contributed by atoms with Crippen LogP contribution in [0.15, 0.2) is 21.1 Å². The van der Waals surface area contributed by atoms with Gasteiger partial charge in [0.15, 0.2) is 0 Å². The number of halogens is 3. The Morgan fingerprint density at radius 3 is 2.40 bits per heavy atom. The summed E-state index contributed by atoms with van der Waals surface area (Å²) in [5.41, 5.74) is 0.305. The quantitative estimate of drug-likeness (QED) is 0.566. The van der Waals surface area contributed by atoms with Gasteiger partial charge in [0.25, 0.3) is 0 Å². The highest BCUT2D eigenvalue weighted by Crippen LogP contribution is 2.33. The number of benzene rings is 1. The summed E-state index contributed by atoms with van der Waals surface area (Å²) in [6, 6.07) is 3.09. The first-order chi connectivity index (χ1) is 6.91. The molecular weight excluding hydrogens is 447 g/mol. The van der Waals surface area contributed by atoms with E-state index in [0.29, 0.717) is 14.5 Å². The van der Waals surface area contributed by atoms with Crippen LogP contribution in [-0.4, -0.2) is 11.1 Å². The zero-order valence-corrected chi connectivity index (χ0v) is 12.5.